The van der Waals surface area contributed by atoms with Crippen molar-refractivity contribution in [2.45, 2.75) is 56.6 Å². The summed E-state index contributed by atoms with van der Waals surface area (Å²) in [6.45, 7) is 0.674. The largest absolute Gasteiger partial charge is 0.373 e. The maximum absolute atomic E-state index is 6.48. The fourth-order valence-corrected chi connectivity index (χ4v) is 4.20. The Morgan fingerprint density at radius 2 is 1.79 bits per heavy atom. The molecule has 1 aromatic rings. The predicted octanol–water partition coefficient (Wildman–Crippen LogP) is 5.19. The third-order valence-corrected chi connectivity index (χ3v) is 5.70. The minimum atomic E-state index is 0.270. The van der Waals surface area contributed by atoms with Crippen LogP contribution in [0.25, 0.3) is 0 Å². The molecule has 19 heavy (non-hydrogen) atoms. The van der Waals surface area contributed by atoms with Crippen LogP contribution in [-0.2, 0) is 11.3 Å². The molecule has 3 heteroatoms. The van der Waals surface area contributed by atoms with E-state index in [-0.39, 0.29) is 5.41 Å². The van der Waals surface area contributed by atoms with Crippen molar-refractivity contribution < 1.29 is 4.74 Å². The van der Waals surface area contributed by atoms with Gasteiger partial charge in [0.25, 0.3) is 0 Å². The lowest BCUT2D eigenvalue weighted by Gasteiger charge is -2.55. The van der Waals surface area contributed by atoms with Gasteiger partial charge in [0.1, 0.15) is 0 Å². The zero-order valence-corrected chi connectivity index (χ0v) is 12.6. The highest BCUT2D eigenvalue weighted by molar-refractivity contribution is 6.30. The van der Waals surface area contributed by atoms with Gasteiger partial charge in [0, 0.05) is 15.8 Å². The van der Waals surface area contributed by atoms with Gasteiger partial charge in [-0.05, 0) is 37.0 Å². The quantitative estimate of drug-likeness (QED) is 0.698. The van der Waals surface area contributed by atoms with Crippen LogP contribution in [0.1, 0.15) is 44.1 Å². The van der Waals surface area contributed by atoms with Crippen LogP contribution < -0.4 is 0 Å². The van der Waals surface area contributed by atoms with Crippen LogP contribution in [0.3, 0.4) is 0 Å². The van der Waals surface area contributed by atoms with Gasteiger partial charge in [0.15, 0.2) is 0 Å². The first kappa shape index (κ1) is 13.7. The summed E-state index contributed by atoms with van der Waals surface area (Å²) in [5.41, 5.74) is 1.46. The van der Waals surface area contributed by atoms with Gasteiger partial charge >= 0.3 is 0 Å². The number of hydrogen-bond acceptors (Lipinski definition) is 1. The Morgan fingerprint density at radius 1 is 1.11 bits per heavy atom. The SMILES string of the molecule is Clc1ccc(COC2CC(Cl)C23CCCCC3)cc1. The lowest BCUT2D eigenvalue weighted by Crippen LogP contribution is -2.56. The maximum atomic E-state index is 6.48. The molecule has 0 aromatic heterocycles. The zero-order valence-electron chi connectivity index (χ0n) is 11.1. The van der Waals surface area contributed by atoms with E-state index in [1.165, 1.54) is 37.7 Å². The monoisotopic (exact) mass is 298 g/mol. The molecule has 1 nitrogen and oxygen atoms in total. The first-order valence-electron chi connectivity index (χ1n) is 7.21. The minimum absolute atomic E-state index is 0.270. The molecule has 0 amide bonds. The second-order valence-corrected chi connectivity index (χ2v) is 6.89. The molecule has 2 aliphatic rings. The molecule has 0 saturated heterocycles. The Hall–Kier alpha value is -0.240. The summed E-state index contributed by atoms with van der Waals surface area (Å²) in [5.74, 6) is 0. The Balaban J connectivity index is 1.59. The fourth-order valence-electron chi connectivity index (χ4n) is 3.56. The molecule has 0 bridgehead atoms. The lowest BCUT2D eigenvalue weighted by atomic mass is 9.58. The van der Waals surface area contributed by atoms with Crippen LogP contribution in [0.15, 0.2) is 24.3 Å². The normalized spacial score (nSPS) is 29.2. The molecule has 2 fully saturated rings. The Labute approximate surface area is 125 Å². The van der Waals surface area contributed by atoms with E-state index < -0.39 is 0 Å². The van der Waals surface area contributed by atoms with E-state index >= 15 is 0 Å². The van der Waals surface area contributed by atoms with Crippen LogP contribution in [-0.4, -0.2) is 11.5 Å². The van der Waals surface area contributed by atoms with Crippen LogP contribution in [0.2, 0.25) is 5.02 Å². The van der Waals surface area contributed by atoms with Crippen molar-refractivity contribution >= 4 is 23.2 Å². The van der Waals surface area contributed by atoms with Crippen LogP contribution in [0.5, 0.6) is 0 Å². The van der Waals surface area contributed by atoms with E-state index in [1.807, 2.05) is 24.3 Å². The molecule has 0 heterocycles. The van der Waals surface area contributed by atoms with Crippen molar-refractivity contribution in [2.75, 3.05) is 0 Å². The van der Waals surface area contributed by atoms with E-state index in [4.69, 9.17) is 27.9 Å². The first-order chi connectivity index (χ1) is 9.21. The molecule has 2 unspecified atom stereocenters. The zero-order chi connectivity index (χ0) is 13.3. The van der Waals surface area contributed by atoms with Gasteiger partial charge < -0.3 is 4.74 Å². The van der Waals surface area contributed by atoms with Gasteiger partial charge in [-0.3, -0.25) is 0 Å². The van der Waals surface area contributed by atoms with Gasteiger partial charge in [0.2, 0.25) is 0 Å². The Morgan fingerprint density at radius 3 is 2.42 bits per heavy atom. The highest BCUT2D eigenvalue weighted by Gasteiger charge is 2.54. The van der Waals surface area contributed by atoms with E-state index in [1.54, 1.807) is 0 Å². The van der Waals surface area contributed by atoms with Crippen molar-refractivity contribution in [1.82, 2.24) is 0 Å². The predicted molar refractivity (Wildman–Crippen MR) is 79.8 cm³/mol. The fraction of sp³-hybridized carbons (Fsp3) is 0.625. The summed E-state index contributed by atoms with van der Waals surface area (Å²) < 4.78 is 6.14. The van der Waals surface area contributed by atoms with Gasteiger partial charge in [-0.2, -0.15) is 0 Å². The summed E-state index contributed by atoms with van der Waals surface area (Å²) in [7, 11) is 0. The molecule has 2 saturated carbocycles. The summed E-state index contributed by atoms with van der Waals surface area (Å²) in [5, 5.41) is 1.10. The molecule has 2 atom stereocenters. The summed E-state index contributed by atoms with van der Waals surface area (Å²) in [6, 6.07) is 7.91. The highest BCUT2D eigenvalue weighted by Crippen LogP contribution is 2.55. The third-order valence-electron chi connectivity index (χ3n) is 4.83. The first-order valence-corrected chi connectivity index (χ1v) is 8.02. The van der Waals surface area contributed by atoms with Gasteiger partial charge in [-0.15, -0.1) is 11.6 Å². The molecule has 3 rings (SSSR count). The van der Waals surface area contributed by atoms with Crippen LogP contribution >= 0.6 is 23.2 Å². The van der Waals surface area contributed by atoms with E-state index in [9.17, 15) is 0 Å². The van der Waals surface area contributed by atoms with E-state index in [0.717, 1.165) is 11.4 Å². The second kappa shape index (κ2) is 5.63. The smallest absolute Gasteiger partial charge is 0.0720 e. The molecule has 0 N–H and O–H groups in total. The lowest BCUT2D eigenvalue weighted by molar-refractivity contribution is -0.131. The molecule has 104 valence electrons. The minimum Gasteiger partial charge on any atom is -0.373 e. The van der Waals surface area contributed by atoms with Crippen molar-refractivity contribution in [1.29, 1.82) is 0 Å². The van der Waals surface area contributed by atoms with E-state index in [2.05, 4.69) is 0 Å². The maximum Gasteiger partial charge on any atom is 0.0720 e. The molecule has 0 radical (unpaired) electrons. The average molecular weight is 299 g/mol. The van der Waals surface area contributed by atoms with Crippen LogP contribution in [0, 0.1) is 5.41 Å². The number of rotatable bonds is 3. The van der Waals surface area contributed by atoms with Gasteiger partial charge in [-0.25, -0.2) is 0 Å². The highest BCUT2D eigenvalue weighted by atomic mass is 35.5. The average Bonchev–Trinajstić information content (AvgIpc) is 2.46. The van der Waals surface area contributed by atoms with Crippen LogP contribution in [0.4, 0.5) is 0 Å². The Bertz CT molecular complexity index is 423. The summed E-state index contributed by atoms with van der Waals surface area (Å²) in [6.07, 6.45) is 7.82. The number of halogens is 2. The van der Waals surface area contributed by atoms with Gasteiger partial charge in [0.05, 0.1) is 12.7 Å². The van der Waals surface area contributed by atoms with Crippen molar-refractivity contribution in [2.24, 2.45) is 5.41 Å². The molecule has 0 aliphatic heterocycles. The number of hydrogen-bond donors (Lipinski definition) is 0. The molecule has 1 aromatic carbocycles. The number of ether oxygens (including phenoxy) is 1. The Kier molecular flexibility index (Phi) is 4.07. The third kappa shape index (κ3) is 2.66. The van der Waals surface area contributed by atoms with Crippen molar-refractivity contribution in [3.63, 3.8) is 0 Å². The molecule has 2 aliphatic carbocycles. The number of alkyl halides is 1. The molecular formula is C16H20Cl2O. The molecular weight excluding hydrogens is 279 g/mol. The van der Waals surface area contributed by atoms with Crippen molar-refractivity contribution in [3.05, 3.63) is 34.9 Å². The second-order valence-electron chi connectivity index (χ2n) is 5.92. The van der Waals surface area contributed by atoms with Crippen molar-refractivity contribution in [3.8, 4) is 0 Å². The topological polar surface area (TPSA) is 9.23 Å². The number of benzene rings is 1. The summed E-state index contributed by atoms with van der Waals surface area (Å²) in [4.78, 5) is 0. The molecule has 1 spiro atoms. The standard InChI is InChI=1S/C16H20Cl2O/c17-13-6-4-12(5-7-13)11-19-15-10-14(18)16(15)8-2-1-3-9-16/h4-7,14-15H,1-3,8-11H2. The van der Waals surface area contributed by atoms with Gasteiger partial charge in [-0.1, -0.05) is 43.0 Å². The summed E-state index contributed by atoms with van der Waals surface area (Å²) >= 11 is 12.4. The van der Waals surface area contributed by atoms with E-state index in [0.29, 0.717) is 18.1 Å².